The summed E-state index contributed by atoms with van der Waals surface area (Å²) >= 11 is 0. The Bertz CT molecular complexity index is 911. The van der Waals surface area contributed by atoms with Gasteiger partial charge >= 0.3 is 0 Å². The largest absolute Gasteiger partial charge is 0.457 e. The molecule has 0 aliphatic carbocycles. The maximum Gasteiger partial charge on any atom is 0.238 e. The first-order valence-corrected chi connectivity index (χ1v) is 8.39. The molecule has 1 aromatic heterocycles. The first-order chi connectivity index (χ1) is 11.1. The van der Waals surface area contributed by atoms with Crippen LogP contribution in [0, 0.1) is 0 Å². The van der Waals surface area contributed by atoms with E-state index in [9.17, 15) is 8.42 Å². The van der Waals surface area contributed by atoms with Crippen molar-refractivity contribution in [3.05, 3.63) is 73.1 Å². The predicted octanol–water partition coefficient (Wildman–Crippen LogP) is 3.19. The number of ether oxygens (including phenoxy) is 1. The van der Waals surface area contributed by atoms with Crippen LogP contribution in [-0.2, 0) is 10.0 Å². The minimum atomic E-state index is -3.90. The van der Waals surface area contributed by atoms with Crippen LogP contribution in [0.25, 0.3) is 11.1 Å². The summed E-state index contributed by atoms with van der Waals surface area (Å²) < 4.78 is 29.7. The van der Waals surface area contributed by atoms with Crippen molar-refractivity contribution < 1.29 is 13.2 Å². The molecule has 0 aliphatic heterocycles. The summed E-state index contributed by atoms with van der Waals surface area (Å²) in [5.41, 5.74) is 1.01. The summed E-state index contributed by atoms with van der Waals surface area (Å²) in [6, 6.07) is 17.3. The highest BCUT2D eigenvalue weighted by atomic mass is 32.2. The van der Waals surface area contributed by atoms with Gasteiger partial charge in [0, 0.05) is 23.5 Å². The summed E-state index contributed by atoms with van der Waals surface area (Å²) in [6.07, 6.45) is 3.18. The van der Waals surface area contributed by atoms with Crippen LogP contribution in [0.2, 0.25) is 0 Å². The number of aromatic nitrogens is 1. The molecule has 3 aromatic rings. The fraction of sp³-hybridized carbons (Fsp3) is 0. The molecule has 0 spiro atoms. The normalized spacial score (nSPS) is 11.2. The molecule has 0 aliphatic rings. The molecule has 2 aromatic carbocycles. The highest BCUT2D eigenvalue weighted by Crippen LogP contribution is 2.37. The standard InChI is InChI=1S/C17H14N2O3S/c18-23(20,21)16-10-4-9-15(22-14-7-2-1-3-8-14)17(16)13-6-5-11-19-12-13/h1-12H,(H2,18,20,21). The van der Waals surface area contributed by atoms with Gasteiger partial charge < -0.3 is 4.74 Å². The van der Waals surface area contributed by atoms with E-state index in [1.165, 1.54) is 6.07 Å². The topological polar surface area (TPSA) is 82.3 Å². The van der Waals surface area contributed by atoms with E-state index in [-0.39, 0.29) is 4.90 Å². The lowest BCUT2D eigenvalue weighted by Gasteiger charge is -2.14. The highest BCUT2D eigenvalue weighted by molar-refractivity contribution is 7.89. The average molecular weight is 326 g/mol. The Morgan fingerprint density at radius 2 is 1.70 bits per heavy atom. The van der Waals surface area contributed by atoms with Gasteiger partial charge in [-0.05, 0) is 30.3 Å². The van der Waals surface area contributed by atoms with Gasteiger partial charge in [0.1, 0.15) is 11.5 Å². The Morgan fingerprint density at radius 1 is 0.913 bits per heavy atom. The molecule has 0 saturated heterocycles. The van der Waals surface area contributed by atoms with Crippen molar-refractivity contribution in [3.8, 4) is 22.6 Å². The number of nitrogens with zero attached hydrogens (tertiary/aromatic N) is 1. The summed E-state index contributed by atoms with van der Waals surface area (Å²) in [4.78, 5) is 4.04. The van der Waals surface area contributed by atoms with Gasteiger partial charge in [-0.2, -0.15) is 0 Å². The van der Waals surface area contributed by atoms with Gasteiger partial charge in [-0.15, -0.1) is 0 Å². The molecule has 116 valence electrons. The minimum absolute atomic E-state index is 0.000990. The van der Waals surface area contributed by atoms with Gasteiger partial charge in [-0.1, -0.05) is 30.3 Å². The third-order valence-corrected chi connectivity index (χ3v) is 4.17. The molecule has 3 rings (SSSR count). The zero-order chi connectivity index (χ0) is 16.3. The quantitative estimate of drug-likeness (QED) is 0.798. The molecular weight excluding hydrogens is 312 g/mol. The lowest BCUT2D eigenvalue weighted by molar-refractivity contribution is 0.483. The summed E-state index contributed by atoms with van der Waals surface area (Å²) in [5.74, 6) is 1.000. The van der Waals surface area contributed by atoms with Gasteiger partial charge in [0.25, 0.3) is 0 Å². The van der Waals surface area contributed by atoms with Crippen LogP contribution in [0.1, 0.15) is 0 Å². The van der Waals surface area contributed by atoms with Crippen molar-refractivity contribution in [1.29, 1.82) is 0 Å². The van der Waals surface area contributed by atoms with Gasteiger partial charge in [0.05, 0.1) is 4.90 Å². The van der Waals surface area contributed by atoms with E-state index in [0.29, 0.717) is 22.6 Å². The van der Waals surface area contributed by atoms with Gasteiger partial charge in [0.2, 0.25) is 10.0 Å². The zero-order valence-corrected chi connectivity index (χ0v) is 12.9. The molecule has 0 radical (unpaired) electrons. The SMILES string of the molecule is NS(=O)(=O)c1cccc(Oc2ccccc2)c1-c1cccnc1. The van der Waals surface area contributed by atoms with Gasteiger partial charge in [-0.3, -0.25) is 4.98 Å². The lowest BCUT2D eigenvalue weighted by Crippen LogP contribution is -2.13. The van der Waals surface area contributed by atoms with Crippen molar-refractivity contribution in [2.45, 2.75) is 4.90 Å². The van der Waals surface area contributed by atoms with Crippen molar-refractivity contribution >= 4 is 10.0 Å². The van der Waals surface area contributed by atoms with Crippen LogP contribution in [0.15, 0.2) is 78.0 Å². The fourth-order valence-corrected chi connectivity index (χ4v) is 3.02. The first-order valence-electron chi connectivity index (χ1n) is 6.85. The lowest BCUT2D eigenvalue weighted by atomic mass is 10.1. The molecule has 6 heteroatoms. The van der Waals surface area contributed by atoms with E-state index in [1.807, 2.05) is 18.2 Å². The van der Waals surface area contributed by atoms with Crippen LogP contribution >= 0.6 is 0 Å². The Kier molecular flexibility index (Phi) is 4.10. The number of rotatable bonds is 4. The Balaban J connectivity index is 2.20. The van der Waals surface area contributed by atoms with Crippen LogP contribution in [0.5, 0.6) is 11.5 Å². The third-order valence-electron chi connectivity index (χ3n) is 3.22. The number of pyridine rings is 1. The van der Waals surface area contributed by atoms with Crippen molar-refractivity contribution in [3.63, 3.8) is 0 Å². The molecular formula is C17H14N2O3S. The smallest absolute Gasteiger partial charge is 0.238 e. The number of primary sulfonamides is 1. The number of hydrogen-bond donors (Lipinski definition) is 1. The second-order valence-corrected chi connectivity index (χ2v) is 6.36. The highest BCUT2D eigenvalue weighted by Gasteiger charge is 2.20. The zero-order valence-electron chi connectivity index (χ0n) is 12.1. The molecule has 0 fully saturated rings. The molecule has 23 heavy (non-hydrogen) atoms. The summed E-state index contributed by atoms with van der Waals surface area (Å²) in [7, 11) is -3.90. The number of nitrogens with two attached hydrogens (primary N) is 1. The maximum atomic E-state index is 11.9. The second-order valence-electron chi connectivity index (χ2n) is 4.83. The van der Waals surface area contributed by atoms with Crippen LogP contribution in [-0.4, -0.2) is 13.4 Å². The first kappa shape index (κ1) is 15.2. The predicted molar refractivity (Wildman–Crippen MR) is 87.6 cm³/mol. The molecule has 0 atom stereocenters. The summed E-state index contributed by atoms with van der Waals surface area (Å²) in [6.45, 7) is 0. The van der Waals surface area contributed by atoms with Crippen LogP contribution in [0.3, 0.4) is 0 Å². The van der Waals surface area contributed by atoms with Crippen molar-refractivity contribution in [1.82, 2.24) is 4.98 Å². The van der Waals surface area contributed by atoms with E-state index >= 15 is 0 Å². The fourth-order valence-electron chi connectivity index (χ4n) is 2.24. The second kappa shape index (κ2) is 6.20. The third kappa shape index (κ3) is 3.39. The van der Waals surface area contributed by atoms with E-state index in [4.69, 9.17) is 9.88 Å². The molecule has 0 saturated carbocycles. The number of sulfonamides is 1. The summed E-state index contributed by atoms with van der Waals surface area (Å²) in [5, 5.41) is 5.35. The number of hydrogen-bond acceptors (Lipinski definition) is 4. The van der Waals surface area contributed by atoms with Crippen molar-refractivity contribution in [2.75, 3.05) is 0 Å². The van der Waals surface area contributed by atoms with E-state index in [0.717, 1.165) is 0 Å². The molecule has 0 amide bonds. The molecule has 5 nitrogen and oxygen atoms in total. The molecule has 0 unspecified atom stereocenters. The van der Waals surface area contributed by atoms with Crippen LogP contribution in [0.4, 0.5) is 0 Å². The Hall–Kier alpha value is -2.70. The monoisotopic (exact) mass is 326 g/mol. The average Bonchev–Trinajstić information content (AvgIpc) is 2.56. The van der Waals surface area contributed by atoms with Gasteiger partial charge in [0.15, 0.2) is 0 Å². The molecule has 0 bridgehead atoms. The number of para-hydroxylation sites is 1. The van der Waals surface area contributed by atoms with E-state index in [2.05, 4.69) is 4.98 Å². The van der Waals surface area contributed by atoms with Crippen LogP contribution < -0.4 is 9.88 Å². The molecule has 2 N–H and O–H groups in total. The number of benzene rings is 2. The minimum Gasteiger partial charge on any atom is -0.457 e. The maximum absolute atomic E-state index is 11.9. The van der Waals surface area contributed by atoms with Crippen molar-refractivity contribution in [2.24, 2.45) is 5.14 Å². The Morgan fingerprint density at radius 3 is 2.35 bits per heavy atom. The van der Waals surface area contributed by atoms with E-state index < -0.39 is 10.0 Å². The van der Waals surface area contributed by atoms with E-state index in [1.54, 1.807) is 48.8 Å². The molecule has 1 heterocycles. The van der Waals surface area contributed by atoms with Gasteiger partial charge in [-0.25, -0.2) is 13.6 Å². The Labute approximate surface area is 134 Å².